The molecular weight excluding hydrogens is 362 g/mol. The van der Waals surface area contributed by atoms with E-state index < -0.39 is 11.9 Å². The highest BCUT2D eigenvalue weighted by Gasteiger charge is 2.29. The molecule has 1 aromatic carbocycles. The smallest absolute Gasteiger partial charge is 0.312 e. The normalized spacial score (nSPS) is 19.0. The molecule has 130 valence electrons. The minimum absolute atomic E-state index is 0.481. The number of aryl methyl sites for hydroxylation is 1. The maximum absolute atomic E-state index is 11.4. The third kappa shape index (κ3) is 3.24. The number of carbonyl (C=O) groups is 1. The van der Waals surface area contributed by atoms with E-state index in [0.717, 1.165) is 34.0 Å². The number of aromatic nitrogens is 1. The van der Waals surface area contributed by atoms with E-state index in [1.54, 1.807) is 11.3 Å². The van der Waals surface area contributed by atoms with Crippen molar-refractivity contribution in [1.82, 2.24) is 4.98 Å². The zero-order valence-electron chi connectivity index (χ0n) is 13.3. The van der Waals surface area contributed by atoms with Crippen LogP contribution in [0.25, 0.3) is 12.2 Å². The number of hydrogen-bond donors (Lipinski definition) is 1. The van der Waals surface area contributed by atoms with Crippen LogP contribution in [0.5, 0.6) is 11.5 Å². The van der Waals surface area contributed by atoms with Crippen LogP contribution in [0, 0.1) is 0 Å². The highest BCUT2D eigenvalue weighted by Crippen LogP contribution is 2.39. The summed E-state index contributed by atoms with van der Waals surface area (Å²) in [6, 6.07) is 3.70. The average molecular weight is 378 g/mol. The number of rotatable bonds is 3. The van der Waals surface area contributed by atoms with Crippen molar-refractivity contribution < 1.29 is 19.4 Å². The van der Waals surface area contributed by atoms with Crippen LogP contribution in [0.2, 0.25) is 5.02 Å². The third-order valence-corrected chi connectivity index (χ3v) is 5.68. The SMILES string of the molecule is O=C(O)C1CCCc2sc(C=Cc3cc(Cl)c4c(c3)OCCO4)nc21. The summed E-state index contributed by atoms with van der Waals surface area (Å²) in [7, 11) is 0. The Hall–Kier alpha value is -2.05. The summed E-state index contributed by atoms with van der Waals surface area (Å²) in [5, 5.41) is 10.7. The van der Waals surface area contributed by atoms with Gasteiger partial charge in [-0.2, -0.15) is 0 Å². The summed E-state index contributed by atoms with van der Waals surface area (Å²) in [6.07, 6.45) is 6.26. The van der Waals surface area contributed by atoms with Gasteiger partial charge in [0.1, 0.15) is 18.2 Å². The van der Waals surface area contributed by atoms with Crippen LogP contribution >= 0.6 is 22.9 Å². The first kappa shape index (κ1) is 16.4. The second-order valence-corrected chi connectivity index (χ2v) is 7.53. The topological polar surface area (TPSA) is 68.7 Å². The van der Waals surface area contributed by atoms with Gasteiger partial charge in [-0.05, 0) is 43.0 Å². The predicted molar refractivity (Wildman–Crippen MR) is 96.8 cm³/mol. The summed E-state index contributed by atoms with van der Waals surface area (Å²) in [6.45, 7) is 1.00. The first-order valence-corrected chi connectivity index (χ1v) is 9.31. The molecule has 0 saturated heterocycles. The Balaban J connectivity index is 1.61. The molecule has 2 aliphatic rings. The van der Waals surface area contributed by atoms with Gasteiger partial charge in [-0.1, -0.05) is 17.7 Å². The van der Waals surface area contributed by atoms with E-state index in [4.69, 9.17) is 21.1 Å². The molecule has 4 rings (SSSR count). The van der Waals surface area contributed by atoms with Gasteiger partial charge in [-0.3, -0.25) is 4.79 Å². The lowest BCUT2D eigenvalue weighted by Crippen LogP contribution is -2.17. The van der Waals surface area contributed by atoms with Crippen LogP contribution in [0.4, 0.5) is 0 Å². The number of thiazole rings is 1. The Bertz CT molecular complexity index is 861. The molecule has 0 fully saturated rings. The highest BCUT2D eigenvalue weighted by molar-refractivity contribution is 7.12. The van der Waals surface area contributed by atoms with Crippen molar-refractivity contribution in [3.63, 3.8) is 0 Å². The van der Waals surface area contributed by atoms with Crippen molar-refractivity contribution >= 4 is 41.1 Å². The van der Waals surface area contributed by atoms with Gasteiger partial charge in [-0.25, -0.2) is 4.98 Å². The molecule has 0 radical (unpaired) electrons. The van der Waals surface area contributed by atoms with Crippen LogP contribution in [0.15, 0.2) is 12.1 Å². The van der Waals surface area contributed by atoms with Gasteiger partial charge in [-0.15, -0.1) is 11.3 Å². The van der Waals surface area contributed by atoms with E-state index in [0.29, 0.717) is 36.2 Å². The van der Waals surface area contributed by atoms with Gasteiger partial charge in [0.15, 0.2) is 11.5 Å². The molecule has 1 aliphatic carbocycles. The Kier molecular flexibility index (Phi) is 4.39. The molecular formula is C18H16ClNO4S. The molecule has 7 heteroatoms. The summed E-state index contributed by atoms with van der Waals surface area (Å²) in [5.74, 6) is -0.0480. The lowest BCUT2D eigenvalue weighted by Gasteiger charge is -2.19. The Morgan fingerprint density at radius 1 is 1.32 bits per heavy atom. The maximum atomic E-state index is 11.4. The van der Waals surface area contributed by atoms with Crippen molar-refractivity contribution in [3.8, 4) is 11.5 Å². The number of nitrogens with zero attached hydrogens (tertiary/aromatic N) is 1. The first-order valence-electron chi connectivity index (χ1n) is 8.11. The van der Waals surface area contributed by atoms with Gasteiger partial charge in [0.25, 0.3) is 0 Å². The summed E-state index contributed by atoms with van der Waals surface area (Å²) >= 11 is 7.81. The van der Waals surface area contributed by atoms with E-state index in [2.05, 4.69) is 4.98 Å². The predicted octanol–water partition coefficient (Wildman–Crippen LogP) is 4.24. The number of ether oxygens (including phenoxy) is 2. The monoisotopic (exact) mass is 377 g/mol. The fourth-order valence-electron chi connectivity index (χ4n) is 3.14. The van der Waals surface area contributed by atoms with Crippen molar-refractivity contribution in [3.05, 3.63) is 38.3 Å². The van der Waals surface area contributed by atoms with Crippen LogP contribution in [0.3, 0.4) is 0 Å². The molecule has 0 amide bonds. The minimum atomic E-state index is -0.791. The number of fused-ring (bicyclic) bond motifs is 2. The quantitative estimate of drug-likeness (QED) is 0.866. The molecule has 1 N–H and O–H groups in total. The number of hydrogen-bond acceptors (Lipinski definition) is 5. The second kappa shape index (κ2) is 6.69. The molecule has 1 atom stereocenters. The number of aliphatic carboxylic acids is 1. The average Bonchev–Trinajstić information content (AvgIpc) is 3.03. The zero-order chi connectivity index (χ0) is 17.4. The van der Waals surface area contributed by atoms with Crippen molar-refractivity contribution in [2.24, 2.45) is 0 Å². The molecule has 0 saturated carbocycles. The van der Waals surface area contributed by atoms with Crippen molar-refractivity contribution in [2.45, 2.75) is 25.2 Å². The van der Waals surface area contributed by atoms with E-state index in [-0.39, 0.29) is 0 Å². The molecule has 1 unspecified atom stereocenters. The number of benzene rings is 1. The van der Waals surface area contributed by atoms with E-state index in [9.17, 15) is 9.90 Å². The van der Waals surface area contributed by atoms with Crippen LogP contribution in [0.1, 0.15) is 39.9 Å². The summed E-state index contributed by atoms with van der Waals surface area (Å²) < 4.78 is 11.1. The molecule has 1 aliphatic heterocycles. The molecule has 0 spiro atoms. The van der Waals surface area contributed by atoms with Crippen LogP contribution < -0.4 is 9.47 Å². The van der Waals surface area contributed by atoms with Crippen molar-refractivity contribution in [2.75, 3.05) is 13.2 Å². The second-order valence-electron chi connectivity index (χ2n) is 6.00. The molecule has 2 aromatic rings. The van der Waals surface area contributed by atoms with Gasteiger partial charge >= 0.3 is 5.97 Å². The van der Waals surface area contributed by atoms with Crippen LogP contribution in [-0.4, -0.2) is 29.3 Å². The lowest BCUT2D eigenvalue weighted by molar-refractivity contribution is -0.139. The summed E-state index contributed by atoms with van der Waals surface area (Å²) in [5.41, 5.74) is 1.61. The minimum Gasteiger partial charge on any atom is -0.486 e. The van der Waals surface area contributed by atoms with E-state index in [1.807, 2.05) is 24.3 Å². The Morgan fingerprint density at radius 3 is 3.00 bits per heavy atom. The largest absolute Gasteiger partial charge is 0.486 e. The fraction of sp³-hybridized carbons (Fsp3) is 0.333. The highest BCUT2D eigenvalue weighted by atomic mass is 35.5. The molecule has 5 nitrogen and oxygen atoms in total. The van der Waals surface area contributed by atoms with Gasteiger partial charge in [0, 0.05) is 4.88 Å². The number of carboxylic acid groups (broad SMARTS) is 1. The number of halogens is 1. The molecule has 0 bridgehead atoms. The van der Waals surface area contributed by atoms with Crippen LogP contribution in [-0.2, 0) is 11.2 Å². The maximum Gasteiger partial charge on any atom is 0.312 e. The first-order chi connectivity index (χ1) is 12.1. The zero-order valence-corrected chi connectivity index (χ0v) is 14.9. The molecule has 25 heavy (non-hydrogen) atoms. The van der Waals surface area contributed by atoms with Gasteiger partial charge in [0.05, 0.1) is 16.6 Å². The molecule has 1 aromatic heterocycles. The Labute approximate surface area is 153 Å². The summed E-state index contributed by atoms with van der Waals surface area (Å²) in [4.78, 5) is 17.0. The van der Waals surface area contributed by atoms with E-state index in [1.165, 1.54) is 0 Å². The Morgan fingerprint density at radius 2 is 2.16 bits per heavy atom. The molecule has 2 heterocycles. The fourth-order valence-corrected chi connectivity index (χ4v) is 4.49. The standard InChI is InChI=1S/C18H16ClNO4S/c19-12-8-10(9-13-17(12)24-7-6-23-13)4-5-15-20-16-11(18(21)22)2-1-3-14(16)25-15/h4-5,8-9,11H,1-3,6-7H2,(H,21,22). The van der Waals surface area contributed by atoms with E-state index >= 15 is 0 Å². The van der Waals surface area contributed by atoms with Crippen molar-refractivity contribution in [1.29, 1.82) is 0 Å². The lowest BCUT2D eigenvalue weighted by atomic mass is 9.91. The third-order valence-electron chi connectivity index (χ3n) is 4.31. The number of carboxylic acids is 1. The van der Waals surface area contributed by atoms with Gasteiger partial charge in [0.2, 0.25) is 0 Å². The van der Waals surface area contributed by atoms with Gasteiger partial charge < -0.3 is 14.6 Å².